The molecule has 19 heavy (non-hydrogen) atoms. The standard InChI is InChI=1S/C13H16FN3O2/c1-17(10-5-2-4-9(14)8-10)12(18)13(6-3-7-13)11(15)16-19/h2,4-5,8,19H,3,6-7H2,1H3,(H2,15,16). The Kier molecular flexibility index (Phi) is 3.42. The molecule has 5 nitrogen and oxygen atoms in total. The van der Waals surface area contributed by atoms with E-state index in [0.29, 0.717) is 18.5 Å². The Hall–Kier alpha value is -2.11. The molecule has 3 N–H and O–H groups in total. The number of hydrogen-bond donors (Lipinski definition) is 2. The fraction of sp³-hybridized carbons (Fsp3) is 0.385. The Morgan fingerprint density at radius 2 is 2.21 bits per heavy atom. The van der Waals surface area contributed by atoms with Gasteiger partial charge >= 0.3 is 0 Å². The predicted molar refractivity (Wildman–Crippen MR) is 69.5 cm³/mol. The maximum absolute atomic E-state index is 13.2. The van der Waals surface area contributed by atoms with E-state index in [1.165, 1.54) is 23.1 Å². The van der Waals surface area contributed by atoms with Crippen LogP contribution in [0.25, 0.3) is 0 Å². The van der Waals surface area contributed by atoms with Crippen LogP contribution in [-0.2, 0) is 4.79 Å². The number of hydrogen-bond acceptors (Lipinski definition) is 3. The molecule has 0 radical (unpaired) electrons. The van der Waals surface area contributed by atoms with Gasteiger partial charge in [-0.15, -0.1) is 0 Å². The van der Waals surface area contributed by atoms with Crippen molar-refractivity contribution in [2.75, 3.05) is 11.9 Å². The van der Waals surface area contributed by atoms with E-state index < -0.39 is 11.2 Å². The lowest BCUT2D eigenvalue weighted by atomic mass is 9.67. The molecule has 6 heteroatoms. The molecule has 0 heterocycles. The second-order valence-electron chi connectivity index (χ2n) is 4.76. The first-order valence-corrected chi connectivity index (χ1v) is 6.03. The summed E-state index contributed by atoms with van der Waals surface area (Å²) in [5.41, 5.74) is 5.14. The SMILES string of the molecule is CN(C(=O)C1(/C(N)=N/O)CCC1)c1cccc(F)c1. The van der Waals surface area contributed by atoms with Crippen LogP contribution < -0.4 is 10.6 Å². The number of oxime groups is 1. The van der Waals surface area contributed by atoms with E-state index in [2.05, 4.69) is 5.16 Å². The van der Waals surface area contributed by atoms with E-state index in [4.69, 9.17) is 10.9 Å². The minimum absolute atomic E-state index is 0.0768. The van der Waals surface area contributed by atoms with Crippen molar-refractivity contribution in [3.63, 3.8) is 0 Å². The topological polar surface area (TPSA) is 78.9 Å². The van der Waals surface area contributed by atoms with Gasteiger partial charge in [-0.1, -0.05) is 17.6 Å². The number of rotatable bonds is 3. The first kappa shape index (κ1) is 13.3. The molecular weight excluding hydrogens is 249 g/mol. The highest BCUT2D eigenvalue weighted by Crippen LogP contribution is 2.43. The molecule has 1 aliphatic rings. The van der Waals surface area contributed by atoms with E-state index in [9.17, 15) is 9.18 Å². The molecule has 0 unspecified atom stereocenters. The fourth-order valence-corrected chi connectivity index (χ4v) is 2.33. The number of amidine groups is 1. The first-order chi connectivity index (χ1) is 9.01. The molecule has 0 aromatic heterocycles. The average Bonchev–Trinajstić information content (AvgIpc) is 2.36. The molecule has 1 aromatic rings. The van der Waals surface area contributed by atoms with Gasteiger partial charge in [-0.05, 0) is 31.0 Å². The summed E-state index contributed by atoms with van der Waals surface area (Å²) in [5, 5.41) is 11.8. The van der Waals surface area contributed by atoms with E-state index in [1.807, 2.05) is 0 Å². The summed E-state index contributed by atoms with van der Waals surface area (Å²) in [7, 11) is 1.56. The minimum atomic E-state index is -0.949. The van der Waals surface area contributed by atoms with Crippen LogP contribution >= 0.6 is 0 Å². The highest BCUT2D eigenvalue weighted by molar-refractivity contribution is 6.13. The second kappa shape index (κ2) is 4.87. The quantitative estimate of drug-likeness (QED) is 0.378. The molecule has 0 spiro atoms. The highest BCUT2D eigenvalue weighted by atomic mass is 19.1. The molecule has 102 valence electrons. The lowest BCUT2D eigenvalue weighted by molar-refractivity contribution is -0.128. The van der Waals surface area contributed by atoms with E-state index in [-0.39, 0.29) is 11.7 Å². The van der Waals surface area contributed by atoms with E-state index in [1.54, 1.807) is 13.1 Å². The van der Waals surface area contributed by atoms with Gasteiger partial charge in [0.1, 0.15) is 11.2 Å². The van der Waals surface area contributed by atoms with Crippen LogP contribution in [0.15, 0.2) is 29.4 Å². The minimum Gasteiger partial charge on any atom is -0.409 e. The van der Waals surface area contributed by atoms with Gasteiger partial charge in [0, 0.05) is 12.7 Å². The van der Waals surface area contributed by atoms with Crippen LogP contribution in [0.1, 0.15) is 19.3 Å². The zero-order chi connectivity index (χ0) is 14.0. The Morgan fingerprint density at radius 1 is 1.53 bits per heavy atom. The van der Waals surface area contributed by atoms with Gasteiger partial charge in [0.15, 0.2) is 5.84 Å². The molecule has 2 rings (SSSR count). The molecule has 1 aromatic carbocycles. The summed E-state index contributed by atoms with van der Waals surface area (Å²) in [5.74, 6) is -0.768. The van der Waals surface area contributed by atoms with Crippen LogP contribution in [0.2, 0.25) is 0 Å². The van der Waals surface area contributed by atoms with Gasteiger partial charge < -0.3 is 15.8 Å². The number of carbonyl (C=O) groups excluding carboxylic acids is 1. The number of nitrogens with zero attached hydrogens (tertiary/aromatic N) is 2. The molecule has 1 aliphatic carbocycles. The summed E-state index contributed by atoms with van der Waals surface area (Å²) in [6.45, 7) is 0. The number of nitrogens with two attached hydrogens (primary N) is 1. The third kappa shape index (κ3) is 2.14. The Labute approximate surface area is 110 Å². The summed E-state index contributed by atoms with van der Waals surface area (Å²) in [6.07, 6.45) is 1.93. The smallest absolute Gasteiger partial charge is 0.240 e. The predicted octanol–water partition coefficient (Wildman–Crippen LogP) is 1.71. The molecule has 1 fully saturated rings. The van der Waals surface area contributed by atoms with Crippen molar-refractivity contribution in [1.29, 1.82) is 0 Å². The average molecular weight is 265 g/mol. The van der Waals surface area contributed by atoms with Gasteiger partial charge in [0.25, 0.3) is 0 Å². The van der Waals surface area contributed by atoms with Crippen LogP contribution in [0, 0.1) is 11.2 Å². The molecule has 1 saturated carbocycles. The number of benzene rings is 1. The van der Waals surface area contributed by atoms with Gasteiger partial charge in [-0.3, -0.25) is 4.79 Å². The summed E-state index contributed by atoms with van der Waals surface area (Å²) < 4.78 is 13.2. The van der Waals surface area contributed by atoms with Gasteiger partial charge in [0.2, 0.25) is 5.91 Å². The molecule has 1 amide bonds. The van der Waals surface area contributed by atoms with Crippen molar-refractivity contribution >= 4 is 17.4 Å². The zero-order valence-electron chi connectivity index (χ0n) is 10.6. The van der Waals surface area contributed by atoms with E-state index >= 15 is 0 Å². The van der Waals surface area contributed by atoms with Crippen molar-refractivity contribution in [2.24, 2.45) is 16.3 Å². The van der Waals surface area contributed by atoms with E-state index in [0.717, 1.165) is 6.42 Å². The molecule has 0 atom stereocenters. The number of halogens is 1. The fourth-order valence-electron chi connectivity index (χ4n) is 2.33. The number of amides is 1. The zero-order valence-corrected chi connectivity index (χ0v) is 10.6. The van der Waals surface area contributed by atoms with Crippen molar-refractivity contribution in [3.05, 3.63) is 30.1 Å². The lowest BCUT2D eigenvalue weighted by Gasteiger charge is -2.41. The maximum Gasteiger partial charge on any atom is 0.240 e. The summed E-state index contributed by atoms with van der Waals surface area (Å²) >= 11 is 0. The molecule has 0 aliphatic heterocycles. The lowest BCUT2D eigenvalue weighted by Crippen LogP contribution is -2.54. The van der Waals surface area contributed by atoms with Crippen molar-refractivity contribution in [2.45, 2.75) is 19.3 Å². The van der Waals surface area contributed by atoms with Gasteiger partial charge in [0.05, 0.1) is 0 Å². The summed E-state index contributed by atoms with van der Waals surface area (Å²) in [6, 6.07) is 5.76. The monoisotopic (exact) mass is 265 g/mol. The Morgan fingerprint density at radius 3 is 2.68 bits per heavy atom. The van der Waals surface area contributed by atoms with Crippen LogP contribution in [-0.4, -0.2) is 24.0 Å². The van der Waals surface area contributed by atoms with Crippen molar-refractivity contribution < 1.29 is 14.4 Å². The Bertz CT molecular complexity index is 526. The van der Waals surface area contributed by atoms with Crippen LogP contribution in [0.5, 0.6) is 0 Å². The first-order valence-electron chi connectivity index (χ1n) is 6.03. The highest BCUT2D eigenvalue weighted by Gasteiger charge is 2.49. The maximum atomic E-state index is 13.2. The third-order valence-electron chi connectivity index (χ3n) is 3.71. The number of carbonyl (C=O) groups is 1. The largest absolute Gasteiger partial charge is 0.409 e. The third-order valence-corrected chi connectivity index (χ3v) is 3.71. The molecule has 0 saturated heterocycles. The van der Waals surface area contributed by atoms with Gasteiger partial charge in [-0.2, -0.15) is 0 Å². The van der Waals surface area contributed by atoms with Gasteiger partial charge in [-0.25, -0.2) is 4.39 Å². The Balaban J connectivity index is 2.28. The van der Waals surface area contributed by atoms with Crippen molar-refractivity contribution in [3.8, 4) is 0 Å². The number of anilines is 1. The molecule has 0 bridgehead atoms. The molecular formula is C13H16FN3O2. The summed E-state index contributed by atoms with van der Waals surface area (Å²) in [4.78, 5) is 13.8. The van der Waals surface area contributed by atoms with Crippen LogP contribution in [0.3, 0.4) is 0 Å². The second-order valence-corrected chi connectivity index (χ2v) is 4.76. The van der Waals surface area contributed by atoms with Crippen molar-refractivity contribution in [1.82, 2.24) is 0 Å². The van der Waals surface area contributed by atoms with Crippen LogP contribution in [0.4, 0.5) is 10.1 Å². The normalized spacial score (nSPS) is 17.7.